The molecule has 0 aliphatic heterocycles. The van der Waals surface area contributed by atoms with E-state index in [1.165, 1.54) is 30.6 Å². The van der Waals surface area contributed by atoms with E-state index in [1.807, 2.05) is 5.38 Å². The molecule has 0 atom stereocenters. The molecule has 8 heteroatoms. The van der Waals surface area contributed by atoms with Crippen LogP contribution in [0.2, 0.25) is 0 Å². The molecule has 0 saturated heterocycles. The average molecular weight is 328 g/mol. The first-order valence-electron chi connectivity index (χ1n) is 6.22. The van der Waals surface area contributed by atoms with E-state index in [2.05, 4.69) is 9.71 Å². The molecule has 0 spiro atoms. The Kier molecular flexibility index (Phi) is 5.29. The van der Waals surface area contributed by atoms with Gasteiger partial charge in [-0.15, -0.1) is 11.3 Å². The number of hydrogen-bond acceptors (Lipinski definition) is 6. The lowest BCUT2D eigenvalue weighted by Crippen LogP contribution is -2.26. The van der Waals surface area contributed by atoms with Crippen molar-refractivity contribution in [1.82, 2.24) is 9.71 Å². The molecule has 21 heavy (non-hydrogen) atoms. The number of methoxy groups -OCH3 is 1. The lowest BCUT2D eigenvalue weighted by molar-refractivity contribution is 0.280. The van der Waals surface area contributed by atoms with Crippen LogP contribution < -0.4 is 9.46 Å². The molecule has 0 aliphatic rings. The monoisotopic (exact) mass is 328 g/mol. The Balaban J connectivity index is 2.11. The number of aliphatic hydroxyl groups is 1. The summed E-state index contributed by atoms with van der Waals surface area (Å²) in [5.74, 6) is 0.211. The molecule has 2 aromatic rings. The van der Waals surface area contributed by atoms with Gasteiger partial charge in [-0.2, -0.15) is 0 Å². The third kappa shape index (κ3) is 4.01. The second-order valence-electron chi connectivity index (χ2n) is 4.22. The number of nitrogens with zero attached hydrogens (tertiary/aromatic N) is 1. The lowest BCUT2D eigenvalue weighted by Gasteiger charge is -2.11. The summed E-state index contributed by atoms with van der Waals surface area (Å²) in [7, 11) is -2.27. The Labute approximate surface area is 127 Å². The van der Waals surface area contributed by atoms with Crippen LogP contribution in [-0.2, 0) is 23.1 Å². The molecule has 1 aromatic heterocycles. The molecule has 0 saturated carbocycles. The Bertz CT molecular complexity index is 684. The Hall–Kier alpha value is -1.48. The fourth-order valence-corrected chi connectivity index (χ4v) is 3.58. The van der Waals surface area contributed by atoms with Gasteiger partial charge in [0.15, 0.2) is 0 Å². The van der Waals surface area contributed by atoms with Crippen LogP contribution in [0.3, 0.4) is 0 Å². The van der Waals surface area contributed by atoms with E-state index >= 15 is 0 Å². The Morgan fingerprint density at radius 3 is 2.86 bits per heavy atom. The summed E-state index contributed by atoms with van der Waals surface area (Å²) in [5, 5.41) is 11.8. The van der Waals surface area contributed by atoms with E-state index in [4.69, 9.17) is 9.84 Å². The van der Waals surface area contributed by atoms with Gasteiger partial charge in [0, 0.05) is 24.5 Å². The van der Waals surface area contributed by atoms with Crippen molar-refractivity contribution in [2.24, 2.45) is 0 Å². The molecule has 2 rings (SSSR count). The van der Waals surface area contributed by atoms with Crippen molar-refractivity contribution in [2.75, 3.05) is 13.7 Å². The summed E-state index contributed by atoms with van der Waals surface area (Å²) < 4.78 is 32.1. The molecule has 1 aromatic carbocycles. The van der Waals surface area contributed by atoms with Gasteiger partial charge in [0.05, 0.1) is 18.7 Å². The lowest BCUT2D eigenvalue weighted by atomic mass is 10.2. The third-order valence-corrected chi connectivity index (χ3v) is 5.15. The molecule has 1 heterocycles. The van der Waals surface area contributed by atoms with Crippen molar-refractivity contribution < 1.29 is 18.3 Å². The van der Waals surface area contributed by atoms with Crippen molar-refractivity contribution in [3.05, 3.63) is 40.3 Å². The summed E-state index contributed by atoms with van der Waals surface area (Å²) in [5.41, 5.74) is 0.591. The molecule has 0 amide bonds. The second-order valence-corrected chi connectivity index (χ2v) is 6.93. The fourth-order valence-electron chi connectivity index (χ4n) is 1.78. The SMILES string of the molecule is COc1cc(CO)ccc1S(=O)(=O)NCCc1nccs1. The predicted octanol–water partition coefficient (Wildman–Crippen LogP) is 1.16. The minimum Gasteiger partial charge on any atom is -0.495 e. The first kappa shape index (κ1) is 15.9. The van der Waals surface area contributed by atoms with Crippen LogP contribution in [0.5, 0.6) is 5.75 Å². The quantitative estimate of drug-likeness (QED) is 0.796. The zero-order chi connectivity index (χ0) is 15.3. The summed E-state index contributed by atoms with van der Waals surface area (Å²) >= 11 is 1.48. The number of thiazole rings is 1. The van der Waals surface area contributed by atoms with Gasteiger partial charge in [0.1, 0.15) is 10.6 Å². The summed E-state index contributed by atoms with van der Waals surface area (Å²) in [4.78, 5) is 4.15. The first-order chi connectivity index (χ1) is 10.1. The van der Waals surface area contributed by atoms with E-state index < -0.39 is 10.0 Å². The second kappa shape index (κ2) is 6.99. The van der Waals surface area contributed by atoms with Crippen LogP contribution in [0.4, 0.5) is 0 Å². The van der Waals surface area contributed by atoms with Gasteiger partial charge in [-0.05, 0) is 17.7 Å². The van der Waals surface area contributed by atoms with Crippen LogP contribution >= 0.6 is 11.3 Å². The molecular formula is C13H16N2O4S2. The van der Waals surface area contributed by atoms with Crippen LogP contribution in [0.15, 0.2) is 34.7 Å². The van der Waals surface area contributed by atoms with Gasteiger partial charge in [-0.1, -0.05) is 6.07 Å². The van der Waals surface area contributed by atoms with E-state index in [-0.39, 0.29) is 23.8 Å². The van der Waals surface area contributed by atoms with Crippen LogP contribution in [-0.4, -0.2) is 32.2 Å². The highest BCUT2D eigenvalue weighted by Crippen LogP contribution is 2.24. The third-order valence-electron chi connectivity index (χ3n) is 2.81. The molecule has 114 valence electrons. The van der Waals surface area contributed by atoms with Gasteiger partial charge < -0.3 is 9.84 Å². The highest BCUT2D eigenvalue weighted by Gasteiger charge is 2.19. The number of ether oxygens (including phenoxy) is 1. The van der Waals surface area contributed by atoms with Gasteiger partial charge in [-0.25, -0.2) is 18.1 Å². The Morgan fingerprint density at radius 1 is 1.43 bits per heavy atom. The smallest absolute Gasteiger partial charge is 0.244 e. The van der Waals surface area contributed by atoms with Gasteiger partial charge in [0.25, 0.3) is 0 Å². The van der Waals surface area contributed by atoms with Crippen molar-refractivity contribution in [1.29, 1.82) is 0 Å². The Morgan fingerprint density at radius 2 is 2.24 bits per heavy atom. The van der Waals surface area contributed by atoms with E-state index in [0.717, 1.165) is 5.01 Å². The number of rotatable bonds is 7. The number of sulfonamides is 1. The highest BCUT2D eigenvalue weighted by molar-refractivity contribution is 7.89. The minimum atomic E-state index is -3.66. The normalized spacial score (nSPS) is 11.5. The van der Waals surface area contributed by atoms with Crippen molar-refractivity contribution in [3.8, 4) is 5.75 Å². The number of aliphatic hydroxyl groups excluding tert-OH is 1. The van der Waals surface area contributed by atoms with Crippen molar-refractivity contribution in [2.45, 2.75) is 17.9 Å². The number of nitrogens with one attached hydrogen (secondary N) is 1. The molecule has 0 unspecified atom stereocenters. The topological polar surface area (TPSA) is 88.5 Å². The minimum absolute atomic E-state index is 0.0568. The predicted molar refractivity (Wildman–Crippen MR) is 79.9 cm³/mol. The standard InChI is InChI=1S/C13H16N2O4S2/c1-19-11-8-10(9-16)2-3-12(11)21(17,18)15-5-4-13-14-6-7-20-13/h2-3,6-8,15-16H,4-5,9H2,1H3. The van der Waals surface area contributed by atoms with E-state index in [0.29, 0.717) is 12.0 Å². The highest BCUT2D eigenvalue weighted by atomic mass is 32.2. The average Bonchev–Trinajstić information content (AvgIpc) is 2.99. The maximum Gasteiger partial charge on any atom is 0.244 e. The molecule has 0 bridgehead atoms. The van der Waals surface area contributed by atoms with Gasteiger partial charge >= 0.3 is 0 Å². The molecule has 0 radical (unpaired) electrons. The largest absolute Gasteiger partial charge is 0.495 e. The van der Waals surface area contributed by atoms with Crippen LogP contribution in [0.25, 0.3) is 0 Å². The van der Waals surface area contributed by atoms with Crippen LogP contribution in [0, 0.1) is 0 Å². The van der Waals surface area contributed by atoms with Gasteiger partial charge in [-0.3, -0.25) is 0 Å². The van der Waals surface area contributed by atoms with Crippen molar-refractivity contribution >= 4 is 21.4 Å². The summed E-state index contributed by atoms with van der Waals surface area (Å²) in [6, 6.07) is 4.49. The van der Waals surface area contributed by atoms with Crippen molar-refractivity contribution in [3.63, 3.8) is 0 Å². The number of benzene rings is 1. The molecule has 0 aliphatic carbocycles. The number of hydrogen-bond donors (Lipinski definition) is 2. The molecule has 0 fully saturated rings. The number of aromatic nitrogens is 1. The summed E-state index contributed by atoms with van der Waals surface area (Å²) in [6.07, 6.45) is 2.22. The molecule has 6 nitrogen and oxygen atoms in total. The molecular weight excluding hydrogens is 312 g/mol. The zero-order valence-electron chi connectivity index (χ0n) is 11.4. The molecule has 2 N–H and O–H groups in total. The van der Waals surface area contributed by atoms with Crippen LogP contribution in [0.1, 0.15) is 10.6 Å². The van der Waals surface area contributed by atoms with E-state index in [9.17, 15) is 8.42 Å². The van der Waals surface area contributed by atoms with E-state index in [1.54, 1.807) is 12.3 Å². The maximum atomic E-state index is 12.3. The summed E-state index contributed by atoms with van der Waals surface area (Å²) in [6.45, 7) is 0.0922. The fraction of sp³-hybridized carbons (Fsp3) is 0.308. The maximum absolute atomic E-state index is 12.3. The first-order valence-corrected chi connectivity index (χ1v) is 8.59. The zero-order valence-corrected chi connectivity index (χ0v) is 13.1. The van der Waals surface area contributed by atoms with Gasteiger partial charge in [0.2, 0.25) is 10.0 Å².